The van der Waals surface area contributed by atoms with Gasteiger partial charge in [0.1, 0.15) is 5.82 Å². The summed E-state index contributed by atoms with van der Waals surface area (Å²) in [6, 6.07) is 5.81. The first-order chi connectivity index (χ1) is 12.4. The number of pyridine rings is 1. The number of nitrogens with zero attached hydrogens (tertiary/aromatic N) is 3. The Kier molecular flexibility index (Phi) is 7.25. The molecule has 0 radical (unpaired) electrons. The number of hydrogen-bond acceptors (Lipinski definition) is 5. The highest BCUT2D eigenvalue weighted by Gasteiger charge is 2.40. The summed E-state index contributed by atoms with van der Waals surface area (Å²) < 4.78 is 23.6. The van der Waals surface area contributed by atoms with Crippen LogP contribution in [0.25, 0.3) is 0 Å². The Labute approximate surface area is 157 Å². The van der Waals surface area contributed by atoms with Crippen molar-refractivity contribution in [1.29, 1.82) is 0 Å². The largest absolute Gasteiger partial charge is 0.370 e. The van der Waals surface area contributed by atoms with Crippen LogP contribution in [0, 0.1) is 0 Å². The van der Waals surface area contributed by atoms with Crippen molar-refractivity contribution in [2.75, 3.05) is 43.8 Å². The van der Waals surface area contributed by atoms with Gasteiger partial charge in [-0.25, -0.2) is 13.4 Å². The number of aliphatic imine (C=N–C) groups is 1. The minimum atomic E-state index is -3.04. The van der Waals surface area contributed by atoms with Crippen molar-refractivity contribution < 1.29 is 8.42 Å². The van der Waals surface area contributed by atoms with Gasteiger partial charge in [0.25, 0.3) is 0 Å². The van der Waals surface area contributed by atoms with Gasteiger partial charge in [0.15, 0.2) is 15.8 Å². The molecule has 7 nitrogen and oxygen atoms in total. The lowest BCUT2D eigenvalue weighted by Gasteiger charge is -2.39. The Hall–Kier alpha value is -1.83. The highest BCUT2D eigenvalue weighted by molar-refractivity contribution is 7.92. The van der Waals surface area contributed by atoms with Crippen LogP contribution in [0.15, 0.2) is 29.4 Å². The Morgan fingerprint density at radius 2 is 2.15 bits per heavy atom. The monoisotopic (exact) mass is 381 g/mol. The molecule has 1 aromatic rings. The average molecular weight is 382 g/mol. The van der Waals surface area contributed by atoms with Gasteiger partial charge in [-0.05, 0) is 45.7 Å². The number of rotatable bonds is 7. The van der Waals surface area contributed by atoms with Crippen molar-refractivity contribution in [3.8, 4) is 0 Å². The molecule has 0 aliphatic carbocycles. The lowest BCUT2D eigenvalue weighted by Crippen LogP contribution is -2.57. The Morgan fingerprint density at radius 1 is 1.35 bits per heavy atom. The summed E-state index contributed by atoms with van der Waals surface area (Å²) in [4.78, 5) is 11.0. The molecular weight excluding hydrogens is 350 g/mol. The molecule has 0 unspecified atom stereocenters. The molecule has 0 atom stereocenters. The second-order valence-electron chi connectivity index (χ2n) is 7.08. The molecule has 1 aliphatic rings. The Morgan fingerprint density at radius 3 is 2.81 bits per heavy atom. The van der Waals surface area contributed by atoms with E-state index in [-0.39, 0.29) is 5.75 Å². The molecule has 0 bridgehead atoms. The number of nitrogens with one attached hydrogen (secondary N) is 2. The van der Waals surface area contributed by atoms with Crippen LogP contribution in [0.3, 0.4) is 0 Å². The van der Waals surface area contributed by atoms with Crippen molar-refractivity contribution in [3.63, 3.8) is 0 Å². The van der Waals surface area contributed by atoms with Gasteiger partial charge in [0.05, 0.1) is 10.5 Å². The van der Waals surface area contributed by atoms with Gasteiger partial charge in [-0.15, -0.1) is 0 Å². The zero-order chi connectivity index (χ0) is 19.0. The maximum atomic E-state index is 12.2. The number of hydrogen-bond donors (Lipinski definition) is 2. The first kappa shape index (κ1) is 20.5. The normalized spacial score (nSPS) is 19.2. The van der Waals surface area contributed by atoms with Crippen molar-refractivity contribution in [2.24, 2.45) is 4.99 Å². The van der Waals surface area contributed by atoms with E-state index in [0.29, 0.717) is 13.1 Å². The molecule has 0 aromatic carbocycles. The number of guanidine groups is 1. The summed E-state index contributed by atoms with van der Waals surface area (Å²) in [6.45, 7) is 8.93. The van der Waals surface area contributed by atoms with Gasteiger partial charge in [0.2, 0.25) is 0 Å². The fraction of sp³-hybridized carbons (Fsp3) is 0.667. The standard InChI is InChI=1S/C18H31N5O2S/c1-4-19-17(23-13-14-26(24,25)18(2,3)15-23)22-12-8-7-11-21-16-9-5-6-10-20-16/h5-6,9-10H,4,7-8,11-15H2,1-3H3,(H,19,22)(H,20,21). The summed E-state index contributed by atoms with van der Waals surface area (Å²) in [5.74, 6) is 1.88. The number of aromatic nitrogens is 1. The molecule has 8 heteroatoms. The predicted molar refractivity (Wildman–Crippen MR) is 107 cm³/mol. The first-order valence-electron chi connectivity index (χ1n) is 9.26. The minimum absolute atomic E-state index is 0.179. The van der Waals surface area contributed by atoms with Gasteiger partial charge in [-0.3, -0.25) is 4.99 Å². The predicted octanol–water partition coefficient (Wildman–Crippen LogP) is 1.75. The molecule has 1 fully saturated rings. The van der Waals surface area contributed by atoms with E-state index < -0.39 is 14.6 Å². The molecule has 2 rings (SSSR count). The molecule has 2 N–H and O–H groups in total. The minimum Gasteiger partial charge on any atom is -0.370 e. The summed E-state index contributed by atoms with van der Waals surface area (Å²) >= 11 is 0. The number of anilines is 1. The fourth-order valence-corrected chi connectivity index (χ4v) is 4.22. The number of sulfone groups is 1. The zero-order valence-corrected chi connectivity index (χ0v) is 16.8. The molecule has 146 valence electrons. The van der Waals surface area contributed by atoms with Crippen LogP contribution in [0.1, 0.15) is 33.6 Å². The molecule has 0 saturated carbocycles. The van der Waals surface area contributed by atoms with Crippen molar-refractivity contribution in [1.82, 2.24) is 15.2 Å². The third-order valence-electron chi connectivity index (χ3n) is 4.50. The second-order valence-corrected chi connectivity index (χ2v) is 9.83. The van der Waals surface area contributed by atoms with Crippen LogP contribution in [0.4, 0.5) is 5.82 Å². The smallest absolute Gasteiger partial charge is 0.193 e. The van der Waals surface area contributed by atoms with E-state index in [9.17, 15) is 8.42 Å². The lowest BCUT2D eigenvalue weighted by molar-refractivity contribution is 0.353. The summed E-state index contributed by atoms with van der Waals surface area (Å²) in [7, 11) is -3.04. The van der Waals surface area contributed by atoms with E-state index >= 15 is 0 Å². The molecule has 26 heavy (non-hydrogen) atoms. The molecule has 0 spiro atoms. The fourth-order valence-electron chi connectivity index (χ4n) is 2.86. The Bertz CT molecular complexity index is 689. The molecule has 1 aliphatic heterocycles. The lowest BCUT2D eigenvalue weighted by atomic mass is 10.2. The van der Waals surface area contributed by atoms with Crippen molar-refractivity contribution >= 4 is 21.6 Å². The topological polar surface area (TPSA) is 86.7 Å². The highest BCUT2D eigenvalue weighted by atomic mass is 32.2. The molecule has 2 heterocycles. The van der Waals surface area contributed by atoms with E-state index in [0.717, 1.165) is 44.3 Å². The van der Waals surface area contributed by atoms with Crippen LogP contribution >= 0.6 is 0 Å². The van der Waals surface area contributed by atoms with E-state index in [4.69, 9.17) is 0 Å². The van der Waals surface area contributed by atoms with E-state index in [1.807, 2.05) is 25.1 Å². The van der Waals surface area contributed by atoms with Crippen LogP contribution in [-0.4, -0.2) is 67.5 Å². The molecule has 1 saturated heterocycles. The second kappa shape index (κ2) is 9.21. The summed E-state index contributed by atoms with van der Waals surface area (Å²) in [6.07, 6.45) is 3.74. The van der Waals surface area contributed by atoms with Crippen molar-refractivity contribution in [3.05, 3.63) is 24.4 Å². The first-order valence-corrected chi connectivity index (χ1v) is 10.9. The highest BCUT2D eigenvalue weighted by Crippen LogP contribution is 2.23. The van der Waals surface area contributed by atoms with Crippen LogP contribution in [-0.2, 0) is 9.84 Å². The number of unbranched alkanes of at least 4 members (excludes halogenated alkanes) is 1. The SMILES string of the molecule is CCNC(=NCCCCNc1ccccn1)N1CCS(=O)(=O)C(C)(C)C1. The van der Waals surface area contributed by atoms with Gasteiger partial charge in [-0.1, -0.05) is 6.07 Å². The van der Waals surface area contributed by atoms with Crippen LogP contribution in [0.5, 0.6) is 0 Å². The average Bonchev–Trinajstić information content (AvgIpc) is 2.60. The van der Waals surface area contributed by atoms with E-state index in [2.05, 4.69) is 25.5 Å². The van der Waals surface area contributed by atoms with Crippen molar-refractivity contribution in [2.45, 2.75) is 38.4 Å². The van der Waals surface area contributed by atoms with Crippen LogP contribution < -0.4 is 10.6 Å². The van der Waals surface area contributed by atoms with E-state index in [1.165, 1.54) is 0 Å². The maximum Gasteiger partial charge on any atom is 0.193 e. The molecular formula is C18H31N5O2S. The van der Waals surface area contributed by atoms with E-state index in [1.54, 1.807) is 20.0 Å². The van der Waals surface area contributed by atoms with Gasteiger partial charge >= 0.3 is 0 Å². The summed E-state index contributed by atoms with van der Waals surface area (Å²) in [5, 5.41) is 6.58. The quantitative estimate of drug-likeness (QED) is 0.425. The Balaban J connectivity index is 1.81. The zero-order valence-electron chi connectivity index (χ0n) is 16.0. The molecule has 0 amide bonds. The third-order valence-corrected chi connectivity index (χ3v) is 7.03. The third kappa shape index (κ3) is 5.59. The van der Waals surface area contributed by atoms with Gasteiger partial charge < -0.3 is 15.5 Å². The summed E-state index contributed by atoms with van der Waals surface area (Å²) in [5.41, 5.74) is 0. The molecule has 1 aromatic heterocycles. The maximum absolute atomic E-state index is 12.2. The van der Waals surface area contributed by atoms with Gasteiger partial charge in [-0.2, -0.15) is 0 Å². The van der Waals surface area contributed by atoms with Gasteiger partial charge in [0, 0.05) is 38.9 Å². The van der Waals surface area contributed by atoms with Crippen LogP contribution in [0.2, 0.25) is 0 Å².